The van der Waals surface area contributed by atoms with Crippen molar-refractivity contribution >= 4 is 44.2 Å². The molecule has 28 heavy (non-hydrogen) atoms. The van der Waals surface area contributed by atoms with Crippen LogP contribution in [0.25, 0.3) is 21.0 Å². The predicted octanol–water partition coefficient (Wildman–Crippen LogP) is 4.04. The molecule has 2 N–H and O–H groups in total. The lowest BCUT2D eigenvalue weighted by Gasteiger charge is -2.05. The molecule has 0 aliphatic heterocycles. The molecule has 0 bridgehead atoms. The molecule has 2 aromatic carbocycles. The zero-order chi connectivity index (χ0) is 19.5. The standard InChI is InChI=1S/C21H17FN2O3S/c22-16-5-3-7-18-15(16)10-19(28-18)21(26)27-12-20(25)23-9-8-13-11-24-17-6-2-1-4-14(13)17/h1-7,10-11,24H,8-9,12H2,(H,23,25). The molecule has 0 aliphatic rings. The van der Waals surface area contributed by atoms with Crippen molar-refractivity contribution in [1.82, 2.24) is 10.3 Å². The number of hydrogen-bond donors (Lipinski definition) is 2. The van der Waals surface area contributed by atoms with Crippen LogP contribution in [0.2, 0.25) is 0 Å². The fourth-order valence-electron chi connectivity index (χ4n) is 3.05. The summed E-state index contributed by atoms with van der Waals surface area (Å²) >= 11 is 1.14. The molecule has 4 aromatic rings. The van der Waals surface area contributed by atoms with Crippen LogP contribution < -0.4 is 5.32 Å². The van der Waals surface area contributed by atoms with Gasteiger partial charge in [-0.1, -0.05) is 24.3 Å². The number of nitrogens with one attached hydrogen (secondary N) is 2. The lowest BCUT2D eigenvalue weighted by molar-refractivity contribution is -0.124. The molecule has 0 spiro atoms. The Balaban J connectivity index is 1.28. The molecule has 142 valence electrons. The summed E-state index contributed by atoms with van der Waals surface area (Å²) in [6.45, 7) is 0.0653. The molecule has 0 radical (unpaired) electrons. The van der Waals surface area contributed by atoms with Gasteiger partial charge >= 0.3 is 5.97 Å². The highest BCUT2D eigenvalue weighted by atomic mass is 32.1. The van der Waals surface area contributed by atoms with Crippen LogP contribution in [0.4, 0.5) is 4.39 Å². The third-order valence-corrected chi connectivity index (χ3v) is 5.52. The van der Waals surface area contributed by atoms with E-state index in [0.717, 1.165) is 27.8 Å². The zero-order valence-electron chi connectivity index (χ0n) is 14.8. The Morgan fingerprint density at radius 2 is 1.96 bits per heavy atom. The topological polar surface area (TPSA) is 71.2 Å². The van der Waals surface area contributed by atoms with Gasteiger partial charge in [-0.2, -0.15) is 0 Å². The summed E-state index contributed by atoms with van der Waals surface area (Å²) in [7, 11) is 0. The molecule has 0 saturated carbocycles. The second-order valence-electron chi connectivity index (χ2n) is 6.30. The van der Waals surface area contributed by atoms with Gasteiger partial charge in [0.25, 0.3) is 5.91 Å². The minimum absolute atomic E-state index is 0.270. The van der Waals surface area contributed by atoms with Crippen LogP contribution in [0.5, 0.6) is 0 Å². The first-order valence-corrected chi connectivity index (χ1v) is 9.60. The van der Waals surface area contributed by atoms with Crippen LogP contribution in [0.15, 0.2) is 54.7 Å². The van der Waals surface area contributed by atoms with Crippen LogP contribution in [0.3, 0.4) is 0 Å². The minimum Gasteiger partial charge on any atom is -0.451 e. The number of H-pyrrole nitrogens is 1. The first kappa shape index (κ1) is 18.2. The Kier molecular flexibility index (Phi) is 5.08. The van der Waals surface area contributed by atoms with Crippen molar-refractivity contribution in [2.45, 2.75) is 6.42 Å². The molecule has 1 amide bonds. The minimum atomic E-state index is -0.632. The van der Waals surface area contributed by atoms with Crippen LogP contribution in [-0.4, -0.2) is 30.0 Å². The van der Waals surface area contributed by atoms with Gasteiger partial charge in [0.15, 0.2) is 6.61 Å². The monoisotopic (exact) mass is 396 g/mol. The molecular formula is C21H17FN2O3S. The van der Waals surface area contributed by atoms with Gasteiger partial charge in [-0.15, -0.1) is 11.3 Å². The van der Waals surface area contributed by atoms with Crippen molar-refractivity contribution in [3.63, 3.8) is 0 Å². The number of benzene rings is 2. The number of aromatic amines is 1. The van der Waals surface area contributed by atoms with Crippen LogP contribution >= 0.6 is 11.3 Å². The van der Waals surface area contributed by atoms with Gasteiger partial charge in [-0.25, -0.2) is 9.18 Å². The smallest absolute Gasteiger partial charge is 0.348 e. The van der Waals surface area contributed by atoms with Gasteiger partial charge < -0.3 is 15.0 Å². The highest BCUT2D eigenvalue weighted by Crippen LogP contribution is 2.28. The Bertz CT molecular complexity index is 1160. The van der Waals surface area contributed by atoms with Gasteiger partial charge in [0.1, 0.15) is 10.7 Å². The van der Waals surface area contributed by atoms with Crippen molar-refractivity contribution in [3.05, 3.63) is 71.0 Å². The van der Waals surface area contributed by atoms with Gasteiger partial charge in [-0.05, 0) is 36.2 Å². The molecule has 0 saturated heterocycles. The maximum atomic E-state index is 13.7. The van der Waals surface area contributed by atoms with Crippen molar-refractivity contribution in [2.75, 3.05) is 13.2 Å². The second kappa shape index (κ2) is 7.82. The molecule has 2 aromatic heterocycles. The van der Waals surface area contributed by atoms with E-state index in [1.54, 1.807) is 12.1 Å². The van der Waals surface area contributed by atoms with Crippen molar-refractivity contribution in [3.8, 4) is 0 Å². The molecule has 7 heteroatoms. The van der Waals surface area contributed by atoms with Crippen LogP contribution in [-0.2, 0) is 16.0 Å². The van der Waals surface area contributed by atoms with Crippen molar-refractivity contribution in [2.24, 2.45) is 0 Å². The van der Waals surface area contributed by atoms with E-state index in [2.05, 4.69) is 10.3 Å². The maximum absolute atomic E-state index is 13.7. The SMILES string of the molecule is O=C(COC(=O)c1cc2c(F)cccc2s1)NCCc1c[nH]c2ccccc12. The number of amides is 1. The number of thiophene rings is 1. The highest BCUT2D eigenvalue weighted by molar-refractivity contribution is 7.20. The summed E-state index contributed by atoms with van der Waals surface area (Å²) in [6.07, 6.45) is 2.59. The molecule has 4 rings (SSSR count). The number of ether oxygens (including phenoxy) is 1. The average Bonchev–Trinajstić information content (AvgIpc) is 3.32. The van der Waals surface area contributed by atoms with Crippen molar-refractivity contribution in [1.29, 1.82) is 0 Å². The summed E-state index contributed by atoms with van der Waals surface area (Å²) in [6, 6.07) is 14.1. The van der Waals surface area contributed by atoms with Gasteiger partial charge in [0, 0.05) is 33.7 Å². The summed E-state index contributed by atoms with van der Waals surface area (Å²) in [5, 5.41) is 4.24. The summed E-state index contributed by atoms with van der Waals surface area (Å²) in [5.41, 5.74) is 2.16. The molecule has 0 atom stereocenters. The van der Waals surface area contributed by atoms with Crippen LogP contribution in [0.1, 0.15) is 15.2 Å². The Morgan fingerprint density at radius 1 is 1.11 bits per heavy atom. The molecule has 5 nitrogen and oxygen atoms in total. The Labute approximate surface area is 164 Å². The first-order chi connectivity index (χ1) is 13.6. The van der Waals surface area contributed by atoms with Gasteiger partial charge in [-0.3, -0.25) is 4.79 Å². The van der Waals surface area contributed by atoms with E-state index >= 15 is 0 Å². The molecule has 2 heterocycles. The van der Waals surface area contributed by atoms with E-state index in [0.29, 0.717) is 23.1 Å². The molecular weight excluding hydrogens is 379 g/mol. The number of esters is 1. The average molecular weight is 396 g/mol. The van der Waals surface area contributed by atoms with Crippen LogP contribution in [0, 0.1) is 5.82 Å². The lowest BCUT2D eigenvalue weighted by Crippen LogP contribution is -2.30. The third kappa shape index (κ3) is 3.75. The fourth-order valence-corrected chi connectivity index (χ4v) is 4.02. The Morgan fingerprint density at radius 3 is 2.82 bits per heavy atom. The van der Waals surface area contributed by atoms with Gasteiger partial charge in [0.2, 0.25) is 0 Å². The highest BCUT2D eigenvalue weighted by Gasteiger charge is 2.15. The quantitative estimate of drug-likeness (QED) is 0.483. The molecule has 0 fully saturated rings. The van der Waals surface area contributed by atoms with E-state index in [1.807, 2.05) is 30.5 Å². The second-order valence-corrected chi connectivity index (χ2v) is 7.38. The first-order valence-electron chi connectivity index (χ1n) is 8.79. The number of carbonyl (C=O) groups excluding carboxylic acids is 2. The number of halogens is 1. The maximum Gasteiger partial charge on any atom is 0.348 e. The Hall–Kier alpha value is -3.19. The predicted molar refractivity (Wildman–Crippen MR) is 107 cm³/mol. The fraction of sp³-hybridized carbons (Fsp3) is 0.143. The van der Waals surface area contributed by atoms with E-state index in [4.69, 9.17) is 4.74 Å². The van der Waals surface area contributed by atoms with E-state index in [9.17, 15) is 14.0 Å². The van der Waals surface area contributed by atoms with Crippen molar-refractivity contribution < 1.29 is 18.7 Å². The lowest BCUT2D eigenvalue weighted by atomic mass is 10.1. The molecule has 0 unspecified atom stereocenters. The number of hydrogen-bond acceptors (Lipinski definition) is 4. The van der Waals surface area contributed by atoms with E-state index in [1.165, 1.54) is 12.1 Å². The zero-order valence-corrected chi connectivity index (χ0v) is 15.6. The summed E-state index contributed by atoms with van der Waals surface area (Å²) in [4.78, 5) is 27.5. The van der Waals surface area contributed by atoms with E-state index < -0.39 is 5.97 Å². The summed E-state index contributed by atoms with van der Waals surface area (Å²) in [5.74, 6) is -1.39. The van der Waals surface area contributed by atoms with E-state index in [-0.39, 0.29) is 23.2 Å². The largest absolute Gasteiger partial charge is 0.451 e. The number of aromatic nitrogens is 1. The number of fused-ring (bicyclic) bond motifs is 2. The van der Waals surface area contributed by atoms with Gasteiger partial charge in [0.05, 0.1) is 0 Å². The number of carbonyl (C=O) groups is 2. The third-order valence-electron chi connectivity index (χ3n) is 4.44. The number of rotatable bonds is 6. The number of para-hydroxylation sites is 1. The normalized spacial score (nSPS) is 11.0. The molecule has 0 aliphatic carbocycles. The summed E-state index contributed by atoms with van der Waals surface area (Å²) < 4.78 is 19.4.